The Kier molecular flexibility index (Phi) is 7.57. The van der Waals surface area contributed by atoms with E-state index in [2.05, 4.69) is 25.6 Å². The minimum atomic E-state index is -1.06. The summed E-state index contributed by atoms with van der Waals surface area (Å²) in [5, 5.41) is 15.5. The Hall–Kier alpha value is -3.53. The average molecular weight is 538 g/mol. The third kappa shape index (κ3) is 5.61. The number of nitrogens with zero attached hydrogens (tertiary/aromatic N) is 2. The first-order valence-electron chi connectivity index (χ1n) is 13.7. The molecule has 0 aliphatic heterocycles. The molecule has 4 atom stereocenters. The largest absolute Gasteiger partial charge is 0.492 e. The molecule has 0 radical (unpaired) electrons. The van der Waals surface area contributed by atoms with Gasteiger partial charge in [0.05, 0.1) is 23.3 Å². The number of H-pyrrole nitrogens is 1. The van der Waals surface area contributed by atoms with Crippen molar-refractivity contribution in [2.75, 3.05) is 6.61 Å². The van der Waals surface area contributed by atoms with Crippen LogP contribution >= 0.6 is 0 Å². The van der Waals surface area contributed by atoms with Crippen molar-refractivity contribution in [1.29, 1.82) is 0 Å². The number of hydrogen-bond acceptors (Lipinski definition) is 6. The van der Waals surface area contributed by atoms with Crippen LogP contribution in [0.5, 0.6) is 5.75 Å². The molecule has 5 rings (SSSR count). The van der Waals surface area contributed by atoms with Crippen molar-refractivity contribution in [3.63, 3.8) is 0 Å². The molecule has 2 saturated carbocycles. The third-order valence-corrected chi connectivity index (χ3v) is 7.92. The van der Waals surface area contributed by atoms with Gasteiger partial charge < -0.3 is 25.5 Å². The first-order valence-corrected chi connectivity index (χ1v) is 13.7. The number of ether oxygens (including phenoxy) is 1. The molecule has 0 bridgehead atoms. The van der Waals surface area contributed by atoms with E-state index in [9.17, 15) is 14.7 Å². The molecule has 208 valence electrons. The summed E-state index contributed by atoms with van der Waals surface area (Å²) >= 11 is 0. The number of aliphatic hydroxyl groups excluding tert-OH is 1. The van der Waals surface area contributed by atoms with Crippen LogP contribution in [0.25, 0.3) is 22.3 Å². The first kappa shape index (κ1) is 27.1. The Morgan fingerprint density at radius 2 is 1.95 bits per heavy atom. The number of carbonyl (C=O) groups excluding carboxylic acids is 2. The van der Waals surface area contributed by atoms with E-state index >= 15 is 4.39 Å². The van der Waals surface area contributed by atoms with Crippen molar-refractivity contribution in [3.05, 3.63) is 41.1 Å². The van der Waals surface area contributed by atoms with Crippen LogP contribution in [0.15, 0.2) is 18.5 Å². The summed E-state index contributed by atoms with van der Waals surface area (Å²) < 4.78 is 21.5. The summed E-state index contributed by atoms with van der Waals surface area (Å²) in [5.74, 6) is 0.00472. The summed E-state index contributed by atoms with van der Waals surface area (Å²) in [6.45, 7) is 7.50. The number of nitrogens with one attached hydrogen (secondary N) is 3. The number of halogens is 1. The zero-order chi connectivity index (χ0) is 27.8. The van der Waals surface area contributed by atoms with Gasteiger partial charge in [0.15, 0.2) is 0 Å². The van der Waals surface area contributed by atoms with Gasteiger partial charge in [-0.05, 0) is 76.3 Å². The molecule has 2 aliphatic rings. The Labute approximate surface area is 227 Å². The molecule has 0 unspecified atom stereocenters. The lowest BCUT2D eigenvalue weighted by atomic mass is 9.82. The zero-order valence-corrected chi connectivity index (χ0v) is 22.8. The predicted molar refractivity (Wildman–Crippen MR) is 145 cm³/mol. The highest BCUT2D eigenvalue weighted by atomic mass is 19.1. The van der Waals surface area contributed by atoms with Gasteiger partial charge in [0, 0.05) is 17.8 Å². The van der Waals surface area contributed by atoms with Gasteiger partial charge >= 0.3 is 0 Å². The summed E-state index contributed by atoms with van der Waals surface area (Å²) in [4.78, 5) is 37.5. The number of fused-ring (bicyclic) bond motifs is 1. The molecule has 39 heavy (non-hydrogen) atoms. The Bertz CT molecular complexity index is 1400. The smallest absolute Gasteiger partial charge is 0.255 e. The quantitative estimate of drug-likeness (QED) is 0.344. The molecular weight excluding hydrogens is 501 g/mol. The molecule has 10 heteroatoms. The molecule has 1 aromatic carbocycles. The van der Waals surface area contributed by atoms with Gasteiger partial charge in [0.1, 0.15) is 35.2 Å². The van der Waals surface area contributed by atoms with Crippen molar-refractivity contribution in [2.45, 2.75) is 78.0 Å². The monoisotopic (exact) mass is 537 g/mol. The first-order chi connectivity index (χ1) is 18.6. The number of carbonyl (C=O) groups is 2. The van der Waals surface area contributed by atoms with Crippen molar-refractivity contribution in [3.8, 4) is 17.0 Å². The fraction of sp³-hybridized carbons (Fsp3) is 0.517. The second-order valence-electron chi connectivity index (χ2n) is 11.1. The molecule has 4 N–H and O–H groups in total. The Morgan fingerprint density at radius 1 is 1.18 bits per heavy atom. The van der Waals surface area contributed by atoms with Crippen LogP contribution in [0.3, 0.4) is 0 Å². The van der Waals surface area contributed by atoms with Crippen LogP contribution in [-0.4, -0.2) is 56.7 Å². The number of rotatable bonds is 8. The van der Waals surface area contributed by atoms with E-state index < -0.39 is 11.9 Å². The van der Waals surface area contributed by atoms with E-state index in [4.69, 9.17) is 4.74 Å². The number of amides is 2. The molecule has 3 aromatic rings. The third-order valence-electron chi connectivity index (χ3n) is 7.92. The molecule has 2 aromatic heterocycles. The Balaban J connectivity index is 1.39. The fourth-order valence-corrected chi connectivity index (χ4v) is 5.39. The van der Waals surface area contributed by atoms with Gasteiger partial charge in [0.2, 0.25) is 5.91 Å². The van der Waals surface area contributed by atoms with Gasteiger partial charge in [-0.2, -0.15) is 0 Å². The van der Waals surface area contributed by atoms with Crippen molar-refractivity contribution >= 4 is 22.8 Å². The number of aryl methyl sites for hydroxylation is 2. The van der Waals surface area contributed by atoms with Crippen LogP contribution in [0, 0.1) is 31.5 Å². The minimum absolute atomic E-state index is 0.0501. The summed E-state index contributed by atoms with van der Waals surface area (Å²) in [7, 11) is 0. The Morgan fingerprint density at radius 3 is 2.64 bits per heavy atom. The number of benzene rings is 1. The van der Waals surface area contributed by atoms with Crippen LogP contribution in [0.2, 0.25) is 0 Å². The van der Waals surface area contributed by atoms with Gasteiger partial charge in [-0.15, -0.1) is 0 Å². The lowest BCUT2D eigenvalue weighted by Gasteiger charge is -2.35. The van der Waals surface area contributed by atoms with Crippen LogP contribution in [-0.2, 0) is 4.79 Å². The standard InChI is InChI=1S/C29H36FN5O4/c1-14-5-10-21(39-12-18-6-7-18)23(24(14)30)26-27-25(31-13-32-26)22(16(3)33-27)29(38)34-19-8-9-20(15(2)11-19)35-28(37)17(4)36/h5,10,13,15,17-20,33,36H,6-9,11-12H2,1-4H3,(H,34,38)(H,35,37)/t15-,17+,19+,20-/m1/s1. The number of aromatic amines is 1. The lowest BCUT2D eigenvalue weighted by Crippen LogP contribution is -2.49. The minimum Gasteiger partial charge on any atom is -0.492 e. The van der Waals surface area contributed by atoms with E-state index in [0.29, 0.717) is 71.1 Å². The SMILES string of the molecule is Cc1ccc(OCC2CC2)c(-c2ncnc3c(C(=O)N[C@H]4CC[C@@H](NC(=O)[C@H](C)O)[C@H](C)C4)c(C)[nH]c23)c1F. The van der Waals surface area contributed by atoms with E-state index in [0.717, 1.165) is 12.8 Å². The fourth-order valence-electron chi connectivity index (χ4n) is 5.39. The molecule has 0 saturated heterocycles. The molecule has 2 heterocycles. The highest BCUT2D eigenvalue weighted by molar-refractivity contribution is 6.09. The molecule has 0 spiro atoms. The van der Waals surface area contributed by atoms with Crippen molar-refractivity contribution in [1.82, 2.24) is 25.6 Å². The highest BCUT2D eigenvalue weighted by Gasteiger charge is 2.32. The predicted octanol–water partition coefficient (Wildman–Crippen LogP) is 3.95. The lowest BCUT2D eigenvalue weighted by molar-refractivity contribution is -0.129. The van der Waals surface area contributed by atoms with Gasteiger partial charge in [-0.3, -0.25) is 9.59 Å². The maximum atomic E-state index is 15.5. The highest BCUT2D eigenvalue weighted by Crippen LogP contribution is 2.39. The number of aliphatic hydroxyl groups is 1. The molecular formula is C29H36FN5O4. The van der Waals surface area contributed by atoms with Crippen molar-refractivity contribution in [2.24, 2.45) is 11.8 Å². The van der Waals surface area contributed by atoms with E-state index in [1.165, 1.54) is 13.3 Å². The summed E-state index contributed by atoms with van der Waals surface area (Å²) in [5.41, 5.74) is 3.03. The van der Waals surface area contributed by atoms with Gasteiger partial charge in [-0.25, -0.2) is 14.4 Å². The topological polar surface area (TPSA) is 129 Å². The second-order valence-corrected chi connectivity index (χ2v) is 11.1. The maximum absolute atomic E-state index is 15.5. The van der Waals surface area contributed by atoms with Crippen LogP contribution in [0.4, 0.5) is 4.39 Å². The molecule has 9 nitrogen and oxygen atoms in total. The van der Waals surface area contributed by atoms with Crippen LogP contribution < -0.4 is 15.4 Å². The van der Waals surface area contributed by atoms with Crippen LogP contribution in [0.1, 0.15) is 67.6 Å². The van der Waals surface area contributed by atoms with Gasteiger partial charge in [0.25, 0.3) is 5.91 Å². The molecule has 2 fully saturated rings. The molecule has 2 aliphatic carbocycles. The van der Waals surface area contributed by atoms with Gasteiger partial charge in [-0.1, -0.05) is 13.0 Å². The van der Waals surface area contributed by atoms with E-state index in [1.54, 1.807) is 26.0 Å². The normalized spacial score (nSPS) is 21.9. The molecule has 2 amide bonds. The maximum Gasteiger partial charge on any atom is 0.255 e. The van der Waals surface area contributed by atoms with E-state index in [1.807, 2.05) is 6.92 Å². The number of aromatic nitrogens is 3. The van der Waals surface area contributed by atoms with E-state index in [-0.39, 0.29) is 35.4 Å². The average Bonchev–Trinajstić information content (AvgIpc) is 3.65. The summed E-state index contributed by atoms with van der Waals surface area (Å²) in [6.07, 6.45) is 4.61. The second kappa shape index (κ2) is 10.9. The van der Waals surface area contributed by atoms with Crippen molar-refractivity contribution < 1.29 is 23.8 Å². The number of hydrogen-bond donors (Lipinski definition) is 4. The summed E-state index contributed by atoms with van der Waals surface area (Å²) in [6, 6.07) is 3.35. The zero-order valence-electron chi connectivity index (χ0n) is 22.8.